The Morgan fingerprint density at radius 3 is 2.37 bits per heavy atom. The Kier molecular flexibility index (Phi) is 6.86. The van der Waals surface area contributed by atoms with E-state index in [9.17, 15) is 9.90 Å². The monoisotopic (exact) mass is 496 g/mol. The maximum absolute atomic E-state index is 13.4. The Hall–Kier alpha value is -2.81. The van der Waals surface area contributed by atoms with Crippen LogP contribution in [0.5, 0.6) is 17.2 Å². The van der Waals surface area contributed by atoms with E-state index >= 15 is 0 Å². The molecule has 8 heteroatoms. The van der Waals surface area contributed by atoms with Crippen molar-refractivity contribution in [2.24, 2.45) is 5.92 Å². The van der Waals surface area contributed by atoms with Gasteiger partial charge >= 0.3 is 0 Å². The molecule has 186 valence electrons. The summed E-state index contributed by atoms with van der Waals surface area (Å²) in [5.74, 6) is 1.57. The quantitative estimate of drug-likeness (QED) is 0.559. The van der Waals surface area contributed by atoms with E-state index in [1.165, 1.54) is 9.58 Å². The van der Waals surface area contributed by atoms with Crippen LogP contribution in [0.4, 0.5) is 0 Å². The van der Waals surface area contributed by atoms with Gasteiger partial charge in [0, 0.05) is 47.9 Å². The van der Waals surface area contributed by atoms with Crippen molar-refractivity contribution >= 4 is 27.3 Å². The van der Waals surface area contributed by atoms with Gasteiger partial charge in [0.25, 0.3) is 0 Å². The minimum Gasteiger partial charge on any atom is -0.493 e. The van der Waals surface area contributed by atoms with Crippen LogP contribution >= 0.6 is 11.3 Å². The number of thiophene rings is 1. The van der Waals surface area contributed by atoms with Gasteiger partial charge in [0.1, 0.15) is 0 Å². The minimum atomic E-state index is -0.736. The third-order valence-corrected chi connectivity index (χ3v) is 8.45. The molecule has 0 saturated carbocycles. The molecule has 2 aliphatic rings. The number of carbonyl (C=O) groups excluding carboxylic acids is 1. The van der Waals surface area contributed by atoms with Gasteiger partial charge in [-0.3, -0.25) is 9.69 Å². The molecule has 1 amide bonds. The molecule has 7 nitrogen and oxygen atoms in total. The molecule has 2 heterocycles. The van der Waals surface area contributed by atoms with Gasteiger partial charge in [-0.2, -0.15) is 0 Å². The Morgan fingerprint density at radius 2 is 1.71 bits per heavy atom. The average Bonchev–Trinajstić information content (AvgIpc) is 3.28. The molecule has 1 aliphatic heterocycles. The minimum absolute atomic E-state index is 0.0749. The predicted molar refractivity (Wildman–Crippen MR) is 137 cm³/mol. The zero-order chi connectivity index (χ0) is 24.5. The summed E-state index contributed by atoms with van der Waals surface area (Å²) >= 11 is 1.74. The van der Waals surface area contributed by atoms with Crippen molar-refractivity contribution in [2.45, 2.75) is 25.5 Å². The van der Waals surface area contributed by atoms with Gasteiger partial charge in [-0.05, 0) is 42.0 Å². The normalized spacial score (nSPS) is 20.5. The molecule has 1 saturated heterocycles. The highest BCUT2D eigenvalue weighted by Gasteiger charge is 2.38. The van der Waals surface area contributed by atoms with E-state index in [0.29, 0.717) is 36.8 Å². The van der Waals surface area contributed by atoms with Crippen LogP contribution in [0.25, 0.3) is 10.1 Å². The van der Waals surface area contributed by atoms with Gasteiger partial charge in [0.2, 0.25) is 11.7 Å². The Morgan fingerprint density at radius 1 is 1.03 bits per heavy atom. The molecular formula is C27H32N2O5S. The van der Waals surface area contributed by atoms with Gasteiger partial charge in [0.15, 0.2) is 11.5 Å². The first kappa shape index (κ1) is 23.9. The number of piperazine rings is 1. The van der Waals surface area contributed by atoms with Crippen molar-refractivity contribution in [3.63, 3.8) is 0 Å². The highest BCUT2D eigenvalue weighted by molar-refractivity contribution is 7.19. The second kappa shape index (κ2) is 10.0. The second-order valence-electron chi connectivity index (χ2n) is 9.16. The lowest BCUT2D eigenvalue weighted by molar-refractivity contribution is -0.142. The number of rotatable bonds is 6. The van der Waals surface area contributed by atoms with Crippen LogP contribution in [0.15, 0.2) is 36.4 Å². The molecule has 0 radical (unpaired) electrons. The van der Waals surface area contributed by atoms with Gasteiger partial charge in [-0.1, -0.05) is 18.2 Å². The predicted octanol–water partition coefficient (Wildman–Crippen LogP) is 3.87. The van der Waals surface area contributed by atoms with Gasteiger partial charge < -0.3 is 24.2 Å². The van der Waals surface area contributed by atoms with Crippen LogP contribution in [-0.4, -0.2) is 68.3 Å². The summed E-state index contributed by atoms with van der Waals surface area (Å²) in [6, 6.07) is 12.1. The number of aliphatic hydroxyl groups is 1. The van der Waals surface area contributed by atoms with Crippen LogP contribution in [0.3, 0.4) is 0 Å². The summed E-state index contributed by atoms with van der Waals surface area (Å²) in [7, 11) is 4.83. The number of hydrogen-bond acceptors (Lipinski definition) is 7. The number of nitrogens with zero attached hydrogens (tertiary/aromatic N) is 2. The van der Waals surface area contributed by atoms with Crippen molar-refractivity contribution in [3.05, 3.63) is 52.4 Å². The summed E-state index contributed by atoms with van der Waals surface area (Å²) in [5.41, 5.74) is 2.04. The zero-order valence-electron chi connectivity index (χ0n) is 20.5. The lowest BCUT2D eigenvalue weighted by atomic mass is 9.83. The lowest BCUT2D eigenvalue weighted by Gasteiger charge is -2.38. The van der Waals surface area contributed by atoms with E-state index in [2.05, 4.69) is 17.0 Å². The molecule has 35 heavy (non-hydrogen) atoms. The summed E-state index contributed by atoms with van der Waals surface area (Å²) in [6.07, 6.45) is 0.814. The Bertz CT molecular complexity index is 1190. The van der Waals surface area contributed by atoms with Crippen LogP contribution < -0.4 is 14.2 Å². The third kappa shape index (κ3) is 4.46. The highest BCUT2D eigenvalue weighted by Crippen LogP contribution is 2.44. The molecular weight excluding hydrogens is 464 g/mol. The third-order valence-electron chi connectivity index (χ3n) is 7.20. The van der Waals surface area contributed by atoms with E-state index in [1.807, 2.05) is 29.2 Å². The first-order chi connectivity index (χ1) is 17.0. The van der Waals surface area contributed by atoms with E-state index in [0.717, 1.165) is 42.6 Å². The van der Waals surface area contributed by atoms with Gasteiger partial charge in [0.05, 0.1) is 33.4 Å². The second-order valence-corrected chi connectivity index (χ2v) is 10.3. The van der Waals surface area contributed by atoms with E-state index in [-0.39, 0.29) is 11.8 Å². The topological polar surface area (TPSA) is 71.5 Å². The maximum Gasteiger partial charge on any atom is 0.228 e. The SMILES string of the molecule is COc1cc(CN2CCN(C(=O)C3CCc4sc5ccccc5c4C3O)CC2)cc(OC)c1OC. The summed E-state index contributed by atoms with van der Waals surface area (Å²) in [5, 5.41) is 12.3. The van der Waals surface area contributed by atoms with Crippen molar-refractivity contribution in [3.8, 4) is 17.2 Å². The number of ether oxygens (including phenoxy) is 3. The lowest BCUT2D eigenvalue weighted by Crippen LogP contribution is -2.51. The molecule has 1 N–H and O–H groups in total. The average molecular weight is 497 g/mol. The Balaban J connectivity index is 1.24. The van der Waals surface area contributed by atoms with Crippen LogP contribution in [-0.2, 0) is 17.8 Å². The Labute approximate surface area is 209 Å². The molecule has 0 bridgehead atoms. The maximum atomic E-state index is 13.4. The molecule has 3 aromatic rings. The van der Waals surface area contributed by atoms with E-state index < -0.39 is 6.10 Å². The number of amides is 1. The standard InChI is InChI=1S/C27H32N2O5S/c1-32-20-14-17(15-21(33-2)26(20)34-3)16-28-10-12-29(13-11-28)27(31)19-8-9-23-24(25(19)30)18-6-4-5-7-22(18)35-23/h4-7,14-15,19,25,30H,8-13,16H2,1-3H3. The van der Waals surface area contributed by atoms with Gasteiger partial charge in [-0.25, -0.2) is 0 Å². The fraction of sp³-hybridized carbons (Fsp3) is 0.444. The fourth-order valence-electron chi connectivity index (χ4n) is 5.38. The van der Waals surface area contributed by atoms with Gasteiger partial charge in [-0.15, -0.1) is 11.3 Å². The number of hydrogen-bond donors (Lipinski definition) is 1. The number of methoxy groups -OCH3 is 3. The molecule has 1 aromatic heterocycles. The molecule has 2 atom stereocenters. The van der Waals surface area contributed by atoms with Crippen LogP contribution in [0.2, 0.25) is 0 Å². The van der Waals surface area contributed by atoms with E-state index in [1.54, 1.807) is 32.7 Å². The first-order valence-corrected chi connectivity index (χ1v) is 12.8. The summed E-state index contributed by atoms with van der Waals surface area (Å²) < 4.78 is 17.6. The summed E-state index contributed by atoms with van der Waals surface area (Å²) in [6.45, 7) is 3.60. The molecule has 2 aromatic carbocycles. The smallest absolute Gasteiger partial charge is 0.228 e. The summed E-state index contributed by atoms with van der Waals surface area (Å²) in [4.78, 5) is 18.9. The van der Waals surface area contributed by atoms with Crippen molar-refractivity contribution in [1.82, 2.24) is 9.80 Å². The van der Waals surface area contributed by atoms with Crippen LogP contribution in [0.1, 0.15) is 28.5 Å². The zero-order valence-corrected chi connectivity index (χ0v) is 21.3. The molecule has 0 spiro atoms. The molecule has 2 unspecified atom stereocenters. The highest BCUT2D eigenvalue weighted by atomic mass is 32.1. The number of aliphatic hydroxyl groups excluding tert-OH is 1. The van der Waals surface area contributed by atoms with Crippen molar-refractivity contribution in [2.75, 3.05) is 47.5 Å². The number of carbonyl (C=O) groups is 1. The largest absolute Gasteiger partial charge is 0.493 e. The van der Waals surface area contributed by atoms with Crippen LogP contribution in [0, 0.1) is 5.92 Å². The van der Waals surface area contributed by atoms with Crippen molar-refractivity contribution in [1.29, 1.82) is 0 Å². The number of benzene rings is 2. The first-order valence-electron chi connectivity index (χ1n) is 12.0. The molecule has 5 rings (SSSR count). The molecule has 1 fully saturated rings. The molecule has 1 aliphatic carbocycles. The van der Waals surface area contributed by atoms with E-state index in [4.69, 9.17) is 14.2 Å². The number of aryl methyl sites for hydroxylation is 1. The number of fused-ring (bicyclic) bond motifs is 3. The fourth-order valence-corrected chi connectivity index (χ4v) is 6.64. The van der Waals surface area contributed by atoms with Crippen molar-refractivity contribution < 1.29 is 24.1 Å².